The first-order chi connectivity index (χ1) is 11.5. The molecule has 0 fully saturated rings. The van der Waals surface area contributed by atoms with Gasteiger partial charge in [0.15, 0.2) is 0 Å². The van der Waals surface area contributed by atoms with Crippen molar-refractivity contribution in [1.29, 1.82) is 0 Å². The minimum Gasteiger partial charge on any atom is -0.497 e. The van der Waals surface area contributed by atoms with Gasteiger partial charge in [-0.05, 0) is 36.1 Å². The van der Waals surface area contributed by atoms with Gasteiger partial charge in [-0.2, -0.15) is 0 Å². The van der Waals surface area contributed by atoms with Crippen LogP contribution in [-0.2, 0) is 22.9 Å². The third kappa shape index (κ3) is 6.31. The Morgan fingerprint density at radius 2 is 1.71 bits per heavy atom. The van der Waals surface area contributed by atoms with Crippen molar-refractivity contribution in [1.82, 2.24) is 4.72 Å². The number of nitrogens with one attached hydrogen (secondary N) is 1. The van der Waals surface area contributed by atoms with Gasteiger partial charge in [-0.1, -0.05) is 42.5 Å². The first kappa shape index (κ1) is 18.4. The Kier molecular flexibility index (Phi) is 6.78. The van der Waals surface area contributed by atoms with E-state index in [-0.39, 0.29) is 12.3 Å². The molecular formula is C18H23NO4S. The number of sulfonamides is 1. The highest BCUT2D eigenvalue weighted by atomic mass is 32.2. The van der Waals surface area contributed by atoms with Crippen LogP contribution in [0.15, 0.2) is 54.6 Å². The summed E-state index contributed by atoms with van der Waals surface area (Å²) in [5.74, 6) is 0.723. The van der Waals surface area contributed by atoms with Crippen molar-refractivity contribution in [3.63, 3.8) is 0 Å². The number of aryl methyl sites for hydroxylation is 1. The predicted octanol–water partition coefficient (Wildman–Crippen LogP) is 1.76. The molecule has 0 radical (unpaired) electrons. The van der Waals surface area contributed by atoms with Crippen LogP contribution in [0.1, 0.15) is 11.1 Å². The van der Waals surface area contributed by atoms with E-state index < -0.39 is 16.1 Å². The molecule has 2 aromatic rings. The lowest BCUT2D eigenvalue weighted by atomic mass is 10.1. The predicted molar refractivity (Wildman–Crippen MR) is 94.6 cm³/mol. The summed E-state index contributed by atoms with van der Waals surface area (Å²) in [6, 6.07) is 16.8. The number of aliphatic hydroxyl groups excluding tert-OH is 1. The Hall–Kier alpha value is -1.89. The van der Waals surface area contributed by atoms with E-state index in [1.54, 1.807) is 19.2 Å². The van der Waals surface area contributed by atoms with Crippen molar-refractivity contribution in [3.8, 4) is 5.75 Å². The van der Waals surface area contributed by atoms with Gasteiger partial charge in [0.1, 0.15) is 5.75 Å². The second kappa shape index (κ2) is 8.82. The molecule has 0 aromatic heterocycles. The van der Waals surface area contributed by atoms with Crippen molar-refractivity contribution in [2.24, 2.45) is 0 Å². The van der Waals surface area contributed by atoms with Crippen molar-refractivity contribution in [2.75, 3.05) is 19.4 Å². The number of ether oxygens (including phenoxy) is 1. The fourth-order valence-electron chi connectivity index (χ4n) is 2.30. The fraction of sp³-hybridized carbons (Fsp3) is 0.333. The smallest absolute Gasteiger partial charge is 0.212 e. The largest absolute Gasteiger partial charge is 0.497 e. The number of hydrogen-bond donors (Lipinski definition) is 2. The molecule has 0 aliphatic heterocycles. The normalized spacial score (nSPS) is 12.8. The van der Waals surface area contributed by atoms with Gasteiger partial charge < -0.3 is 9.84 Å². The minimum absolute atomic E-state index is 0.0137. The molecule has 0 saturated carbocycles. The molecule has 0 aliphatic rings. The highest BCUT2D eigenvalue weighted by Gasteiger charge is 2.13. The average Bonchev–Trinajstić information content (AvgIpc) is 2.60. The Bertz CT molecular complexity index is 714. The van der Waals surface area contributed by atoms with E-state index >= 15 is 0 Å². The summed E-state index contributed by atoms with van der Waals surface area (Å²) in [4.78, 5) is 0. The molecule has 2 N–H and O–H groups in total. The van der Waals surface area contributed by atoms with Gasteiger partial charge in [-0.25, -0.2) is 13.1 Å². The molecule has 0 aliphatic carbocycles. The molecule has 5 nitrogen and oxygen atoms in total. The Morgan fingerprint density at radius 3 is 2.33 bits per heavy atom. The minimum atomic E-state index is -3.42. The monoisotopic (exact) mass is 349 g/mol. The van der Waals surface area contributed by atoms with Gasteiger partial charge in [0.2, 0.25) is 10.0 Å². The highest BCUT2D eigenvalue weighted by molar-refractivity contribution is 7.89. The summed E-state index contributed by atoms with van der Waals surface area (Å²) in [5, 5.41) is 9.97. The van der Waals surface area contributed by atoms with E-state index in [4.69, 9.17) is 4.74 Å². The van der Waals surface area contributed by atoms with E-state index in [0.29, 0.717) is 12.8 Å². The third-order valence-corrected chi connectivity index (χ3v) is 5.02. The first-order valence-electron chi connectivity index (χ1n) is 7.81. The molecule has 130 valence electrons. The van der Waals surface area contributed by atoms with E-state index in [1.165, 1.54) is 0 Å². The third-order valence-electron chi connectivity index (χ3n) is 3.67. The van der Waals surface area contributed by atoms with Crippen LogP contribution in [0, 0.1) is 0 Å². The van der Waals surface area contributed by atoms with Gasteiger partial charge in [0, 0.05) is 6.54 Å². The highest BCUT2D eigenvalue weighted by Crippen LogP contribution is 2.12. The van der Waals surface area contributed by atoms with Crippen LogP contribution >= 0.6 is 0 Å². The Labute approximate surface area is 143 Å². The summed E-state index contributed by atoms with van der Waals surface area (Å²) < 4.78 is 31.6. The average molecular weight is 349 g/mol. The molecule has 0 heterocycles. The molecule has 2 aromatic carbocycles. The van der Waals surface area contributed by atoms with Gasteiger partial charge in [0.05, 0.1) is 19.0 Å². The van der Waals surface area contributed by atoms with Crippen LogP contribution in [0.5, 0.6) is 5.75 Å². The zero-order chi connectivity index (χ0) is 17.4. The van der Waals surface area contributed by atoms with E-state index in [9.17, 15) is 13.5 Å². The number of aliphatic hydroxyl groups is 1. The molecular weight excluding hydrogens is 326 g/mol. The van der Waals surface area contributed by atoms with E-state index in [0.717, 1.165) is 16.9 Å². The maximum Gasteiger partial charge on any atom is 0.212 e. The zero-order valence-corrected chi connectivity index (χ0v) is 14.5. The van der Waals surface area contributed by atoms with Gasteiger partial charge in [-0.15, -0.1) is 0 Å². The second-order valence-corrected chi connectivity index (χ2v) is 7.54. The zero-order valence-electron chi connectivity index (χ0n) is 13.7. The van der Waals surface area contributed by atoms with E-state index in [1.807, 2.05) is 42.5 Å². The topological polar surface area (TPSA) is 75.6 Å². The fourth-order valence-corrected chi connectivity index (χ4v) is 3.39. The number of benzene rings is 2. The molecule has 0 saturated heterocycles. The lowest BCUT2D eigenvalue weighted by molar-refractivity contribution is 0.179. The van der Waals surface area contributed by atoms with Gasteiger partial charge in [0.25, 0.3) is 0 Å². The lowest BCUT2D eigenvalue weighted by Gasteiger charge is -2.12. The van der Waals surface area contributed by atoms with Crippen molar-refractivity contribution >= 4 is 10.0 Å². The van der Waals surface area contributed by atoms with Crippen molar-refractivity contribution in [2.45, 2.75) is 18.9 Å². The Morgan fingerprint density at radius 1 is 1.04 bits per heavy atom. The second-order valence-electron chi connectivity index (χ2n) is 5.61. The van der Waals surface area contributed by atoms with Gasteiger partial charge >= 0.3 is 0 Å². The lowest BCUT2D eigenvalue weighted by Crippen LogP contribution is -2.35. The van der Waals surface area contributed by atoms with Crippen molar-refractivity contribution < 1.29 is 18.3 Å². The molecule has 1 atom stereocenters. The van der Waals surface area contributed by atoms with Crippen LogP contribution in [0.3, 0.4) is 0 Å². The number of rotatable bonds is 9. The van der Waals surface area contributed by atoms with Crippen LogP contribution < -0.4 is 9.46 Å². The molecule has 24 heavy (non-hydrogen) atoms. The maximum absolute atomic E-state index is 12.0. The van der Waals surface area contributed by atoms with Crippen LogP contribution in [0.4, 0.5) is 0 Å². The summed E-state index contributed by atoms with van der Waals surface area (Å²) >= 11 is 0. The standard InChI is InChI=1S/C18H23NO4S/c1-23-18-9-7-15(8-10-18)11-12-24(21,22)19-14-17(20)13-16-5-3-2-4-6-16/h2-10,17,19-20H,11-14H2,1H3. The molecule has 1 unspecified atom stereocenters. The molecule has 2 rings (SSSR count). The summed E-state index contributed by atoms with van der Waals surface area (Å²) in [5.41, 5.74) is 1.90. The number of hydrogen-bond acceptors (Lipinski definition) is 4. The first-order valence-corrected chi connectivity index (χ1v) is 9.46. The SMILES string of the molecule is COc1ccc(CCS(=O)(=O)NCC(O)Cc2ccccc2)cc1. The summed E-state index contributed by atoms with van der Waals surface area (Å²) in [6.07, 6.45) is 0.0822. The molecule has 0 bridgehead atoms. The summed E-state index contributed by atoms with van der Waals surface area (Å²) in [6.45, 7) is 0.0137. The maximum atomic E-state index is 12.0. The molecule has 0 amide bonds. The molecule has 0 spiro atoms. The van der Waals surface area contributed by atoms with E-state index in [2.05, 4.69) is 4.72 Å². The van der Waals surface area contributed by atoms with Gasteiger partial charge in [-0.3, -0.25) is 0 Å². The molecule has 6 heteroatoms. The van der Waals surface area contributed by atoms with Crippen LogP contribution in [0.25, 0.3) is 0 Å². The Balaban J connectivity index is 1.78. The summed E-state index contributed by atoms with van der Waals surface area (Å²) in [7, 11) is -1.84. The quantitative estimate of drug-likeness (QED) is 0.723. The van der Waals surface area contributed by atoms with Crippen LogP contribution in [0.2, 0.25) is 0 Å². The van der Waals surface area contributed by atoms with Crippen LogP contribution in [-0.4, -0.2) is 39.0 Å². The number of methoxy groups -OCH3 is 1. The van der Waals surface area contributed by atoms with Crippen molar-refractivity contribution in [3.05, 3.63) is 65.7 Å².